The topological polar surface area (TPSA) is 38.2 Å². The van der Waals surface area contributed by atoms with Crippen LogP contribution in [-0.2, 0) is 11.2 Å². The number of methoxy groups -OCH3 is 1. The quantitative estimate of drug-likeness (QED) is 0.850. The van der Waals surface area contributed by atoms with E-state index >= 15 is 0 Å². The number of rotatable bonds is 5. The molecule has 0 atom stereocenters. The molecular weight excluding hydrogens is 274 g/mol. The fourth-order valence-electron chi connectivity index (χ4n) is 2.99. The molecule has 1 fully saturated rings. The molecule has 0 aliphatic carbocycles. The van der Waals surface area contributed by atoms with E-state index in [2.05, 4.69) is 34.1 Å². The lowest BCUT2D eigenvalue weighted by atomic mass is 9.98. The van der Waals surface area contributed by atoms with E-state index in [1.807, 2.05) is 18.3 Å². The standard InChI is InChI=1S/C18H23N3O/c1-22-14-16-8-11-21(12-9-16)18-7-10-19-17(20-18)13-15-5-3-2-4-6-15/h2-7,10,16H,8-9,11-14H2,1H3. The maximum atomic E-state index is 5.26. The van der Waals surface area contributed by atoms with Gasteiger partial charge in [0.1, 0.15) is 11.6 Å². The van der Waals surface area contributed by atoms with Gasteiger partial charge in [0.2, 0.25) is 0 Å². The average Bonchev–Trinajstić information content (AvgIpc) is 2.57. The van der Waals surface area contributed by atoms with E-state index in [0.29, 0.717) is 5.92 Å². The summed E-state index contributed by atoms with van der Waals surface area (Å²) < 4.78 is 5.26. The molecule has 2 aromatic rings. The Balaban J connectivity index is 1.64. The van der Waals surface area contributed by atoms with Gasteiger partial charge < -0.3 is 9.64 Å². The van der Waals surface area contributed by atoms with Gasteiger partial charge in [-0.05, 0) is 30.4 Å². The predicted molar refractivity (Wildman–Crippen MR) is 88.1 cm³/mol. The third-order valence-electron chi connectivity index (χ3n) is 4.24. The molecule has 0 spiro atoms. The number of nitrogens with zero attached hydrogens (tertiary/aromatic N) is 3. The summed E-state index contributed by atoms with van der Waals surface area (Å²) in [6.07, 6.45) is 5.01. The van der Waals surface area contributed by atoms with Crippen molar-refractivity contribution in [3.05, 3.63) is 54.0 Å². The molecule has 22 heavy (non-hydrogen) atoms. The number of ether oxygens (including phenoxy) is 1. The summed E-state index contributed by atoms with van der Waals surface area (Å²) in [4.78, 5) is 11.5. The Morgan fingerprint density at radius 3 is 2.64 bits per heavy atom. The number of benzene rings is 1. The third kappa shape index (κ3) is 3.83. The van der Waals surface area contributed by atoms with Crippen molar-refractivity contribution in [1.82, 2.24) is 9.97 Å². The summed E-state index contributed by atoms with van der Waals surface area (Å²) in [7, 11) is 1.78. The van der Waals surface area contributed by atoms with Crippen molar-refractivity contribution in [3.8, 4) is 0 Å². The maximum absolute atomic E-state index is 5.26. The Labute approximate surface area is 132 Å². The minimum Gasteiger partial charge on any atom is -0.384 e. The molecule has 0 N–H and O–H groups in total. The van der Waals surface area contributed by atoms with Crippen molar-refractivity contribution in [3.63, 3.8) is 0 Å². The van der Waals surface area contributed by atoms with Crippen molar-refractivity contribution in [2.45, 2.75) is 19.3 Å². The maximum Gasteiger partial charge on any atom is 0.135 e. The van der Waals surface area contributed by atoms with Crippen molar-refractivity contribution in [2.75, 3.05) is 31.7 Å². The normalized spacial score (nSPS) is 16.0. The third-order valence-corrected chi connectivity index (χ3v) is 4.24. The molecule has 0 bridgehead atoms. The molecule has 1 aromatic carbocycles. The van der Waals surface area contributed by atoms with E-state index in [9.17, 15) is 0 Å². The molecule has 0 unspecified atom stereocenters. The minimum atomic E-state index is 0.687. The fraction of sp³-hybridized carbons (Fsp3) is 0.444. The first-order valence-electron chi connectivity index (χ1n) is 7.95. The second-order valence-corrected chi connectivity index (χ2v) is 5.88. The SMILES string of the molecule is COCC1CCN(c2ccnc(Cc3ccccc3)n2)CC1. The van der Waals surface area contributed by atoms with Crippen molar-refractivity contribution < 1.29 is 4.74 Å². The van der Waals surface area contributed by atoms with Gasteiger partial charge in [0.15, 0.2) is 0 Å². The van der Waals surface area contributed by atoms with Crippen molar-refractivity contribution in [1.29, 1.82) is 0 Å². The summed E-state index contributed by atoms with van der Waals surface area (Å²) in [5.41, 5.74) is 1.25. The van der Waals surface area contributed by atoms with Crippen LogP contribution in [-0.4, -0.2) is 36.8 Å². The Hall–Kier alpha value is -1.94. The van der Waals surface area contributed by atoms with Gasteiger partial charge in [0.05, 0.1) is 0 Å². The zero-order valence-corrected chi connectivity index (χ0v) is 13.1. The van der Waals surface area contributed by atoms with Gasteiger partial charge in [-0.3, -0.25) is 0 Å². The van der Waals surface area contributed by atoms with E-state index < -0.39 is 0 Å². The van der Waals surface area contributed by atoms with E-state index in [0.717, 1.165) is 37.8 Å². The van der Waals surface area contributed by atoms with Crippen LogP contribution in [0.3, 0.4) is 0 Å². The first-order chi connectivity index (χ1) is 10.8. The average molecular weight is 297 g/mol. The summed E-state index contributed by atoms with van der Waals surface area (Å²) in [6, 6.07) is 12.4. The molecular formula is C18H23N3O. The minimum absolute atomic E-state index is 0.687. The Morgan fingerprint density at radius 2 is 1.91 bits per heavy atom. The monoisotopic (exact) mass is 297 g/mol. The molecule has 0 radical (unpaired) electrons. The van der Waals surface area contributed by atoms with Crippen molar-refractivity contribution >= 4 is 5.82 Å². The molecule has 1 aliphatic rings. The molecule has 1 aromatic heterocycles. The second-order valence-electron chi connectivity index (χ2n) is 5.88. The van der Waals surface area contributed by atoms with Gasteiger partial charge in [-0.2, -0.15) is 0 Å². The van der Waals surface area contributed by atoms with Gasteiger partial charge in [0.25, 0.3) is 0 Å². The van der Waals surface area contributed by atoms with Crippen LogP contribution >= 0.6 is 0 Å². The molecule has 0 saturated carbocycles. The molecule has 0 amide bonds. The highest BCUT2D eigenvalue weighted by molar-refractivity contribution is 5.38. The molecule has 116 valence electrons. The summed E-state index contributed by atoms with van der Waals surface area (Å²) in [6.45, 7) is 2.97. The number of aromatic nitrogens is 2. The van der Waals surface area contributed by atoms with E-state index in [4.69, 9.17) is 9.72 Å². The van der Waals surface area contributed by atoms with Crippen LogP contribution in [0.5, 0.6) is 0 Å². The van der Waals surface area contributed by atoms with Crippen LogP contribution in [0.2, 0.25) is 0 Å². The van der Waals surface area contributed by atoms with Crippen LogP contribution in [0.4, 0.5) is 5.82 Å². The zero-order valence-electron chi connectivity index (χ0n) is 13.1. The molecule has 4 nitrogen and oxygen atoms in total. The van der Waals surface area contributed by atoms with Crippen molar-refractivity contribution in [2.24, 2.45) is 5.92 Å². The van der Waals surface area contributed by atoms with Crippen LogP contribution in [0.15, 0.2) is 42.6 Å². The molecule has 1 saturated heterocycles. The van der Waals surface area contributed by atoms with Gasteiger partial charge in [-0.15, -0.1) is 0 Å². The largest absolute Gasteiger partial charge is 0.384 e. The van der Waals surface area contributed by atoms with Crippen LogP contribution in [0.1, 0.15) is 24.2 Å². The number of anilines is 1. The summed E-state index contributed by atoms with van der Waals surface area (Å²) in [5, 5.41) is 0. The Kier molecular flexibility index (Phi) is 5.01. The first-order valence-corrected chi connectivity index (χ1v) is 7.95. The Bertz CT molecular complexity index is 580. The highest BCUT2D eigenvalue weighted by atomic mass is 16.5. The molecule has 4 heteroatoms. The van der Waals surface area contributed by atoms with Crippen LogP contribution < -0.4 is 4.90 Å². The second kappa shape index (κ2) is 7.36. The van der Waals surface area contributed by atoms with Gasteiger partial charge >= 0.3 is 0 Å². The highest BCUT2D eigenvalue weighted by Gasteiger charge is 2.20. The highest BCUT2D eigenvalue weighted by Crippen LogP contribution is 2.22. The number of hydrogen-bond acceptors (Lipinski definition) is 4. The van der Waals surface area contributed by atoms with Gasteiger partial charge in [-0.1, -0.05) is 30.3 Å². The Morgan fingerprint density at radius 1 is 1.14 bits per heavy atom. The molecule has 1 aliphatic heterocycles. The molecule has 3 rings (SSSR count). The van der Waals surface area contributed by atoms with Gasteiger partial charge in [-0.25, -0.2) is 9.97 Å². The lowest BCUT2D eigenvalue weighted by molar-refractivity contribution is 0.139. The summed E-state index contributed by atoms with van der Waals surface area (Å²) >= 11 is 0. The predicted octanol–water partition coefficient (Wildman–Crippen LogP) is 2.93. The lowest BCUT2D eigenvalue weighted by Gasteiger charge is -2.32. The van der Waals surface area contributed by atoms with E-state index in [1.165, 1.54) is 18.4 Å². The van der Waals surface area contributed by atoms with E-state index in [-0.39, 0.29) is 0 Å². The van der Waals surface area contributed by atoms with Gasteiger partial charge in [0, 0.05) is 39.4 Å². The first kappa shape index (κ1) is 15.0. The number of hydrogen-bond donors (Lipinski definition) is 0. The van der Waals surface area contributed by atoms with E-state index in [1.54, 1.807) is 7.11 Å². The smallest absolute Gasteiger partial charge is 0.135 e. The number of piperidine rings is 1. The zero-order chi connectivity index (χ0) is 15.2. The molecule has 2 heterocycles. The fourth-order valence-corrected chi connectivity index (χ4v) is 2.99. The summed E-state index contributed by atoms with van der Waals surface area (Å²) in [5.74, 6) is 2.63. The lowest BCUT2D eigenvalue weighted by Crippen LogP contribution is -2.35. The van der Waals surface area contributed by atoms with Crippen LogP contribution in [0.25, 0.3) is 0 Å². The van der Waals surface area contributed by atoms with Crippen LogP contribution in [0, 0.1) is 5.92 Å².